The number of rotatable bonds is 4. The first-order chi connectivity index (χ1) is 10.6. The Morgan fingerprint density at radius 2 is 1.95 bits per heavy atom. The average molecular weight is 301 g/mol. The highest BCUT2D eigenvalue weighted by molar-refractivity contribution is 5.45. The van der Waals surface area contributed by atoms with Gasteiger partial charge in [0.1, 0.15) is 11.6 Å². The van der Waals surface area contributed by atoms with Crippen molar-refractivity contribution >= 4 is 11.8 Å². The van der Waals surface area contributed by atoms with Crippen LogP contribution in [0.1, 0.15) is 11.5 Å². The van der Waals surface area contributed by atoms with Gasteiger partial charge >= 0.3 is 0 Å². The van der Waals surface area contributed by atoms with Crippen molar-refractivity contribution in [3.05, 3.63) is 35.9 Å². The van der Waals surface area contributed by atoms with Gasteiger partial charge in [-0.25, -0.2) is 4.98 Å². The van der Waals surface area contributed by atoms with E-state index in [0.717, 1.165) is 55.9 Å². The van der Waals surface area contributed by atoms with Crippen LogP contribution in [0, 0.1) is 6.92 Å². The summed E-state index contributed by atoms with van der Waals surface area (Å²) < 4.78 is 5.42. The molecule has 1 fully saturated rings. The van der Waals surface area contributed by atoms with Gasteiger partial charge in [0.05, 0.1) is 12.8 Å². The molecule has 0 aliphatic carbocycles. The van der Waals surface area contributed by atoms with Gasteiger partial charge in [-0.3, -0.25) is 4.90 Å². The quantitative estimate of drug-likeness (QED) is 0.858. The van der Waals surface area contributed by atoms with E-state index in [1.807, 2.05) is 44.1 Å². The van der Waals surface area contributed by atoms with Crippen LogP contribution in [-0.4, -0.2) is 55.1 Å². The molecule has 6 nitrogen and oxygen atoms in total. The van der Waals surface area contributed by atoms with Crippen molar-refractivity contribution in [2.75, 3.05) is 50.1 Å². The summed E-state index contributed by atoms with van der Waals surface area (Å²) in [5, 5.41) is 0. The molecule has 0 spiro atoms. The predicted molar refractivity (Wildman–Crippen MR) is 87.3 cm³/mol. The number of hydrogen-bond donors (Lipinski definition) is 0. The molecule has 6 heteroatoms. The molecule has 3 rings (SSSR count). The Morgan fingerprint density at radius 1 is 1.18 bits per heavy atom. The Bertz CT molecular complexity index is 603. The number of aromatic nitrogens is 2. The Kier molecular flexibility index (Phi) is 4.29. The summed E-state index contributed by atoms with van der Waals surface area (Å²) >= 11 is 0. The van der Waals surface area contributed by atoms with E-state index in [1.165, 1.54) is 0 Å². The van der Waals surface area contributed by atoms with E-state index in [9.17, 15) is 0 Å². The third-order valence-corrected chi connectivity index (χ3v) is 3.90. The van der Waals surface area contributed by atoms with Crippen LogP contribution in [0.3, 0.4) is 0 Å². The number of aryl methyl sites for hydroxylation is 1. The van der Waals surface area contributed by atoms with Crippen LogP contribution in [0.25, 0.3) is 0 Å². The molecule has 0 N–H and O–H groups in total. The maximum absolute atomic E-state index is 5.42. The van der Waals surface area contributed by atoms with Crippen LogP contribution in [0.5, 0.6) is 0 Å². The number of nitrogens with zero attached hydrogens (tertiary/aromatic N) is 5. The second-order valence-electron chi connectivity index (χ2n) is 5.90. The molecule has 22 heavy (non-hydrogen) atoms. The van der Waals surface area contributed by atoms with Gasteiger partial charge in [0.2, 0.25) is 5.95 Å². The molecule has 1 saturated heterocycles. The normalized spacial score (nSPS) is 16.0. The zero-order valence-electron chi connectivity index (χ0n) is 13.5. The van der Waals surface area contributed by atoms with E-state index >= 15 is 0 Å². The Balaban J connectivity index is 1.63. The van der Waals surface area contributed by atoms with E-state index in [0.29, 0.717) is 0 Å². The number of hydrogen-bond acceptors (Lipinski definition) is 6. The number of piperazine rings is 1. The lowest BCUT2D eigenvalue weighted by Crippen LogP contribution is -2.46. The fourth-order valence-electron chi connectivity index (χ4n) is 2.64. The molecule has 2 aromatic heterocycles. The molecule has 1 aliphatic heterocycles. The van der Waals surface area contributed by atoms with Crippen molar-refractivity contribution in [1.29, 1.82) is 0 Å². The minimum absolute atomic E-state index is 0.835. The van der Waals surface area contributed by atoms with Crippen molar-refractivity contribution in [2.24, 2.45) is 0 Å². The largest absolute Gasteiger partial charge is 0.468 e. The first-order valence-electron chi connectivity index (χ1n) is 7.64. The van der Waals surface area contributed by atoms with Gasteiger partial charge in [0.25, 0.3) is 0 Å². The maximum Gasteiger partial charge on any atom is 0.227 e. The fraction of sp³-hybridized carbons (Fsp3) is 0.500. The summed E-state index contributed by atoms with van der Waals surface area (Å²) in [5.74, 6) is 2.82. The lowest BCUT2D eigenvalue weighted by atomic mass is 10.3. The van der Waals surface area contributed by atoms with Crippen LogP contribution in [0.4, 0.5) is 11.8 Å². The highest BCUT2D eigenvalue weighted by atomic mass is 16.3. The molecule has 0 unspecified atom stereocenters. The van der Waals surface area contributed by atoms with Gasteiger partial charge in [-0.05, 0) is 19.1 Å². The van der Waals surface area contributed by atoms with Gasteiger partial charge in [0, 0.05) is 52.0 Å². The molecule has 0 amide bonds. The summed E-state index contributed by atoms with van der Waals surface area (Å²) in [6.45, 7) is 6.77. The van der Waals surface area contributed by atoms with E-state index in [4.69, 9.17) is 4.42 Å². The fourth-order valence-corrected chi connectivity index (χ4v) is 2.64. The molecule has 118 valence electrons. The topological polar surface area (TPSA) is 48.6 Å². The summed E-state index contributed by atoms with van der Waals surface area (Å²) in [7, 11) is 4.01. The van der Waals surface area contributed by atoms with Crippen molar-refractivity contribution in [1.82, 2.24) is 14.9 Å². The first-order valence-corrected chi connectivity index (χ1v) is 7.64. The Labute approximate surface area is 131 Å². The number of anilines is 2. The van der Waals surface area contributed by atoms with Crippen molar-refractivity contribution in [3.63, 3.8) is 0 Å². The van der Waals surface area contributed by atoms with Gasteiger partial charge in [-0.1, -0.05) is 0 Å². The van der Waals surface area contributed by atoms with Crippen LogP contribution < -0.4 is 9.80 Å². The molecule has 1 aliphatic rings. The highest BCUT2D eigenvalue weighted by Crippen LogP contribution is 2.18. The van der Waals surface area contributed by atoms with Gasteiger partial charge in [0.15, 0.2) is 0 Å². The predicted octanol–water partition coefficient (Wildman–Crippen LogP) is 1.77. The summed E-state index contributed by atoms with van der Waals surface area (Å²) in [5.41, 5.74) is 1.01. The Morgan fingerprint density at radius 3 is 2.59 bits per heavy atom. The molecule has 0 atom stereocenters. The van der Waals surface area contributed by atoms with Crippen LogP contribution in [0.2, 0.25) is 0 Å². The van der Waals surface area contributed by atoms with Crippen molar-refractivity contribution < 1.29 is 4.42 Å². The smallest absolute Gasteiger partial charge is 0.227 e. The van der Waals surface area contributed by atoms with E-state index < -0.39 is 0 Å². The van der Waals surface area contributed by atoms with Crippen LogP contribution in [0.15, 0.2) is 28.9 Å². The molecular weight excluding hydrogens is 278 g/mol. The molecule has 0 aromatic carbocycles. The second-order valence-corrected chi connectivity index (χ2v) is 5.90. The maximum atomic E-state index is 5.42. The minimum Gasteiger partial charge on any atom is -0.468 e. The summed E-state index contributed by atoms with van der Waals surface area (Å²) in [6, 6.07) is 5.98. The standard InChI is InChI=1S/C16H23N5O/c1-13-11-15(19(2)3)18-16(17-13)21-8-6-20(7-9-21)12-14-5-4-10-22-14/h4-5,10-11H,6-9,12H2,1-3H3. The third kappa shape index (κ3) is 3.39. The molecule has 0 bridgehead atoms. The first kappa shape index (κ1) is 14.8. The Hall–Kier alpha value is -2.08. The van der Waals surface area contributed by atoms with Crippen LogP contribution >= 0.6 is 0 Å². The van der Waals surface area contributed by atoms with Gasteiger partial charge in [-0.2, -0.15) is 4.98 Å². The highest BCUT2D eigenvalue weighted by Gasteiger charge is 2.20. The average Bonchev–Trinajstić information content (AvgIpc) is 3.00. The van der Waals surface area contributed by atoms with Gasteiger partial charge in [-0.15, -0.1) is 0 Å². The molecule has 0 saturated carbocycles. The summed E-state index contributed by atoms with van der Waals surface area (Å²) in [6.07, 6.45) is 1.73. The SMILES string of the molecule is Cc1cc(N(C)C)nc(N2CCN(Cc3ccco3)CC2)n1. The minimum atomic E-state index is 0.835. The van der Waals surface area contributed by atoms with Crippen LogP contribution in [-0.2, 0) is 6.54 Å². The van der Waals surface area contributed by atoms with Gasteiger partial charge < -0.3 is 14.2 Å². The molecule has 0 radical (unpaired) electrons. The molecular formula is C16H23N5O. The van der Waals surface area contributed by atoms with E-state index in [1.54, 1.807) is 6.26 Å². The second kappa shape index (κ2) is 6.36. The molecule has 2 aromatic rings. The summed E-state index contributed by atoms with van der Waals surface area (Å²) in [4.78, 5) is 15.9. The zero-order valence-corrected chi connectivity index (χ0v) is 13.5. The number of furan rings is 1. The van der Waals surface area contributed by atoms with Crippen molar-refractivity contribution in [2.45, 2.75) is 13.5 Å². The molecule has 3 heterocycles. The van der Waals surface area contributed by atoms with E-state index in [-0.39, 0.29) is 0 Å². The zero-order chi connectivity index (χ0) is 15.5. The third-order valence-electron chi connectivity index (χ3n) is 3.90. The van der Waals surface area contributed by atoms with E-state index in [2.05, 4.69) is 19.8 Å². The van der Waals surface area contributed by atoms with Crippen molar-refractivity contribution in [3.8, 4) is 0 Å². The lowest BCUT2D eigenvalue weighted by molar-refractivity contribution is 0.229. The lowest BCUT2D eigenvalue weighted by Gasteiger charge is -2.34. The monoisotopic (exact) mass is 301 g/mol.